The van der Waals surface area contributed by atoms with Crippen LogP contribution in [-0.2, 0) is 23.9 Å². The molecule has 0 radical (unpaired) electrons. The minimum absolute atomic E-state index is 0.160. The summed E-state index contributed by atoms with van der Waals surface area (Å²) in [6, 6.07) is 2.80. The minimum atomic E-state index is -0.805. The van der Waals surface area contributed by atoms with E-state index in [0.717, 1.165) is 5.06 Å². The normalized spacial score (nSPS) is 20.3. The average molecular weight is 596 g/mol. The Morgan fingerprint density at radius 1 is 1.41 bits per heavy atom. The molecule has 1 amide bonds. The highest BCUT2D eigenvalue weighted by Gasteiger charge is 2.38. The van der Waals surface area contributed by atoms with Crippen molar-refractivity contribution in [2.75, 3.05) is 47.1 Å². The molecule has 0 aliphatic carbocycles. The van der Waals surface area contributed by atoms with E-state index in [1.54, 1.807) is 19.2 Å². The fraction of sp³-hybridized carbons (Fsp3) is 0.417. The molecule has 37 heavy (non-hydrogen) atoms. The van der Waals surface area contributed by atoms with E-state index in [4.69, 9.17) is 19.3 Å². The summed E-state index contributed by atoms with van der Waals surface area (Å²) < 4.78 is 25.4. The van der Waals surface area contributed by atoms with Crippen molar-refractivity contribution in [3.63, 3.8) is 0 Å². The number of amidine groups is 1. The molecule has 0 bridgehead atoms. The molecule has 1 unspecified atom stereocenters. The molecule has 3 heterocycles. The number of thiazole rings is 1. The Balaban J connectivity index is 1.81. The number of halogens is 2. The van der Waals surface area contributed by atoms with Crippen LogP contribution in [0.5, 0.6) is 0 Å². The van der Waals surface area contributed by atoms with E-state index in [-0.39, 0.29) is 31.2 Å². The second-order valence-electron chi connectivity index (χ2n) is 8.20. The van der Waals surface area contributed by atoms with Crippen molar-refractivity contribution in [1.29, 1.82) is 0 Å². The van der Waals surface area contributed by atoms with Crippen molar-refractivity contribution in [2.24, 2.45) is 4.99 Å². The zero-order chi connectivity index (χ0) is 26.5. The summed E-state index contributed by atoms with van der Waals surface area (Å²) >= 11 is 4.82. The quantitative estimate of drug-likeness (QED) is 0.367. The van der Waals surface area contributed by atoms with Crippen molar-refractivity contribution >= 4 is 45.0 Å². The zero-order valence-corrected chi connectivity index (χ0v) is 23.0. The number of aliphatic imine (C=N–C) groups is 1. The standard InChI is InChI=1S/C24H27BrFN5O5S/c1-4-36-24(33)19-17(12-31-8-9-35-13-18(31)23(32)30(2)34-3)28-21(22-27-7-10-37-22)29-20(19)15-6-5-14(26)11-16(15)25/h5-7,10-11,18,20H,4,8-9,12-13H2,1-3H3,(H,28,29)/t18-,20?/m0/s1. The highest BCUT2D eigenvalue weighted by molar-refractivity contribution is 9.10. The molecule has 10 nitrogen and oxygen atoms in total. The topological polar surface area (TPSA) is 106 Å². The summed E-state index contributed by atoms with van der Waals surface area (Å²) in [6.07, 6.45) is 1.66. The number of morpholine rings is 1. The molecule has 1 aromatic heterocycles. The van der Waals surface area contributed by atoms with E-state index in [0.29, 0.717) is 39.7 Å². The number of carbonyl (C=O) groups is 2. The maximum absolute atomic E-state index is 13.9. The number of hydroxylamine groups is 2. The maximum Gasteiger partial charge on any atom is 0.338 e. The Hall–Kier alpha value is -2.71. The number of rotatable bonds is 8. The van der Waals surface area contributed by atoms with Crippen molar-refractivity contribution in [3.05, 3.63) is 61.9 Å². The van der Waals surface area contributed by atoms with Crippen LogP contribution in [0, 0.1) is 5.82 Å². The Morgan fingerprint density at radius 2 is 2.22 bits per heavy atom. The minimum Gasteiger partial charge on any atom is -0.463 e. The molecular formula is C24H27BrFN5O5S. The molecular weight excluding hydrogens is 569 g/mol. The van der Waals surface area contributed by atoms with Gasteiger partial charge < -0.3 is 14.8 Å². The van der Waals surface area contributed by atoms with Crippen LogP contribution in [0.25, 0.3) is 0 Å². The van der Waals surface area contributed by atoms with Crippen LogP contribution in [0.1, 0.15) is 23.5 Å². The van der Waals surface area contributed by atoms with Gasteiger partial charge in [-0.2, -0.15) is 0 Å². The van der Waals surface area contributed by atoms with Crippen molar-refractivity contribution < 1.29 is 28.3 Å². The summed E-state index contributed by atoms with van der Waals surface area (Å²) in [6.45, 7) is 3.12. The lowest BCUT2D eigenvalue weighted by molar-refractivity contribution is -0.179. The van der Waals surface area contributed by atoms with E-state index < -0.39 is 23.9 Å². The lowest BCUT2D eigenvalue weighted by atomic mass is 9.95. The van der Waals surface area contributed by atoms with Crippen LogP contribution in [-0.4, -0.2) is 85.8 Å². The number of amides is 1. The second kappa shape index (κ2) is 12.2. The predicted octanol–water partition coefficient (Wildman–Crippen LogP) is 2.67. The summed E-state index contributed by atoms with van der Waals surface area (Å²) in [5, 5.41) is 6.88. The van der Waals surface area contributed by atoms with Gasteiger partial charge in [0.2, 0.25) is 0 Å². The fourth-order valence-corrected chi connectivity index (χ4v) is 5.28. The summed E-state index contributed by atoms with van der Waals surface area (Å²) in [5.74, 6) is -0.793. The van der Waals surface area contributed by atoms with Crippen molar-refractivity contribution in [1.82, 2.24) is 20.3 Å². The maximum atomic E-state index is 13.9. The van der Waals surface area contributed by atoms with Crippen molar-refractivity contribution in [3.8, 4) is 0 Å². The van der Waals surface area contributed by atoms with Gasteiger partial charge in [0, 0.05) is 41.9 Å². The number of esters is 1. The molecule has 0 spiro atoms. The lowest BCUT2D eigenvalue weighted by Gasteiger charge is -2.37. The van der Waals surface area contributed by atoms with Gasteiger partial charge >= 0.3 is 5.97 Å². The van der Waals surface area contributed by atoms with E-state index >= 15 is 0 Å². The molecule has 4 rings (SSSR count). The van der Waals surface area contributed by atoms with Gasteiger partial charge in [-0.25, -0.2) is 19.2 Å². The van der Waals surface area contributed by atoms with Crippen LogP contribution < -0.4 is 5.32 Å². The number of aromatic nitrogens is 1. The van der Waals surface area contributed by atoms with Crippen LogP contribution >= 0.6 is 27.3 Å². The van der Waals surface area contributed by atoms with Crippen LogP contribution in [0.4, 0.5) is 4.39 Å². The highest BCUT2D eigenvalue weighted by Crippen LogP contribution is 2.37. The third kappa shape index (κ3) is 6.07. The van der Waals surface area contributed by atoms with Crippen LogP contribution in [0.3, 0.4) is 0 Å². The largest absolute Gasteiger partial charge is 0.463 e. The number of ether oxygens (including phenoxy) is 2. The van der Waals surface area contributed by atoms with Crippen LogP contribution in [0.2, 0.25) is 0 Å². The van der Waals surface area contributed by atoms with Crippen molar-refractivity contribution in [2.45, 2.75) is 19.0 Å². The first kappa shape index (κ1) is 27.3. The number of benzene rings is 1. The molecule has 1 aromatic carbocycles. The third-order valence-electron chi connectivity index (χ3n) is 5.98. The molecule has 1 saturated heterocycles. The smallest absolute Gasteiger partial charge is 0.338 e. The first-order chi connectivity index (χ1) is 17.8. The Labute approximate surface area is 226 Å². The van der Waals surface area contributed by atoms with Gasteiger partial charge in [0.05, 0.1) is 32.5 Å². The van der Waals surface area contributed by atoms with E-state index in [1.165, 1.54) is 37.6 Å². The van der Waals surface area contributed by atoms with Gasteiger partial charge in [-0.15, -0.1) is 11.3 Å². The van der Waals surface area contributed by atoms with Gasteiger partial charge in [-0.3, -0.25) is 19.5 Å². The lowest BCUT2D eigenvalue weighted by Crippen LogP contribution is -2.55. The number of hydrogen-bond donors (Lipinski definition) is 1. The summed E-state index contributed by atoms with van der Waals surface area (Å²) in [4.78, 5) is 42.5. The number of nitrogens with zero attached hydrogens (tertiary/aromatic N) is 4. The third-order valence-corrected chi connectivity index (χ3v) is 7.45. The van der Waals surface area contributed by atoms with E-state index in [1.807, 2.05) is 10.3 Å². The summed E-state index contributed by atoms with van der Waals surface area (Å²) in [5.41, 5.74) is 1.37. The summed E-state index contributed by atoms with van der Waals surface area (Å²) in [7, 11) is 2.95. The second-order valence-corrected chi connectivity index (χ2v) is 9.95. The molecule has 2 aliphatic heterocycles. The van der Waals surface area contributed by atoms with Gasteiger partial charge in [0.15, 0.2) is 10.8 Å². The Morgan fingerprint density at radius 3 is 2.89 bits per heavy atom. The SMILES string of the molecule is CCOC(=O)C1=C(CN2CCOC[C@H]2C(=O)N(C)OC)NC(c2nccs2)=NC1c1ccc(F)cc1Br. The van der Waals surface area contributed by atoms with Gasteiger partial charge in [-0.1, -0.05) is 22.0 Å². The Bertz CT molecular complexity index is 1210. The zero-order valence-electron chi connectivity index (χ0n) is 20.6. The molecule has 1 fully saturated rings. The molecule has 0 saturated carbocycles. The molecule has 2 aromatic rings. The van der Waals surface area contributed by atoms with Crippen LogP contribution in [0.15, 0.2) is 50.5 Å². The monoisotopic (exact) mass is 595 g/mol. The average Bonchev–Trinajstić information content (AvgIpc) is 3.43. The van der Waals surface area contributed by atoms with Gasteiger partial charge in [0.25, 0.3) is 5.91 Å². The van der Waals surface area contributed by atoms with Gasteiger partial charge in [0.1, 0.15) is 17.9 Å². The van der Waals surface area contributed by atoms with Gasteiger partial charge in [-0.05, 0) is 24.6 Å². The first-order valence-electron chi connectivity index (χ1n) is 11.6. The molecule has 1 N–H and O–H groups in total. The predicted molar refractivity (Wildman–Crippen MR) is 138 cm³/mol. The number of nitrogens with one attached hydrogen (secondary N) is 1. The fourth-order valence-electron chi connectivity index (χ4n) is 4.12. The Kier molecular flexibility index (Phi) is 9.03. The molecule has 198 valence electrons. The number of hydrogen-bond acceptors (Lipinski definition) is 10. The molecule has 2 atom stereocenters. The molecule has 2 aliphatic rings. The highest BCUT2D eigenvalue weighted by atomic mass is 79.9. The number of carbonyl (C=O) groups excluding carboxylic acids is 2. The first-order valence-corrected chi connectivity index (χ1v) is 13.2. The van der Waals surface area contributed by atoms with E-state index in [9.17, 15) is 14.0 Å². The number of likely N-dealkylation sites (N-methyl/N-ethyl adjacent to an activating group) is 1. The van der Waals surface area contributed by atoms with E-state index in [2.05, 4.69) is 26.2 Å². The molecule has 13 heteroatoms.